The number of para-hydroxylation sites is 1. The number of H-pyrrole nitrogens is 1. The zero-order valence-electron chi connectivity index (χ0n) is 17.3. The molecule has 2 aromatic carbocycles. The standard InChI is InChI=1S/C24H24N4O2S/c1-16(22(29)17-8-3-2-4-9-17)31-24-27-26-23(28(24)15-18-10-7-13-30-18)20-14-25-21-12-6-5-11-19(20)21/h2-6,8-9,11-12,14,16,18,25H,7,10,13,15H2,1H3. The van der Waals surface area contributed by atoms with E-state index in [0.29, 0.717) is 12.1 Å². The van der Waals surface area contributed by atoms with Gasteiger partial charge in [0.1, 0.15) is 0 Å². The molecule has 1 aliphatic rings. The van der Waals surface area contributed by atoms with Gasteiger partial charge in [0.15, 0.2) is 16.8 Å². The second-order valence-electron chi connectivity index (χ2n) is 7.79. The van der Waals surface area contributed by atoms with Crippen molar-refractivity contribution in [2.24, 2.45) is 0 Å². The fourth-order valence-corrected chi connectivity index (χ4v) is 4.97. The summed E-state index contributed by atoms with van der Waals surface area (Å²) in [5, 5.41) is 10.6. The number of nitrogens with one attached hydrogen (secondary N) is 1. The SMILES string of the molecule is CC(Sc1nnc(-c2c[nH]c3ccccc23)n1CC1CCCO1)C(=O)c1ccccc1. The van der Waals surface area contributed by atoms with Gasteiger partial charge in [0.25, 0.3) is 0 Å². The molecule has 0 bridgehead atoms. The molecule has 6 nitrogen and oxygen atoms in total. The molecule has 2 unspecified atom stereocenters. The highest BCUT2D eigenvalue weighted by molar-refractivity contribution is 8.00. The normalized spacial score (nSPS) is 17.3. The third-order valence-corrected chi connectivity index (χ3v) is 6.75. The Kier molecular flexibility index (Phi) is 5.61. The lowest BCUT2D eigenvalue weighted by molar-refractivity contribution is 0.0953. The number of carbonyl (C=O) groups excluding carboxylic acids is 1. The van der Waals surface area contributed by atoms with Gasteiger partial charge in [-0.2, -0.15) is 0 Å². The summed E-state index contributed by atoms with van der Waals surface area (Å²) in [5.74, 6) is 0.890. The molecule has 158 valence electrons. The number of aromatic nitrogens is 4. The van der Waals surface area contributed by atoms with Crippen molar-refractivity contribution in [3.8, 4) is 11.4 Å². The van der Waals surface area contributed by atoms with E-state index in [1.54, 1.807) is 0 Å². The molecular weight excluding hydrogens is 408 g/mol. The molecule has 1 fully saturated rings. The molecule has 5 rings (SSSR count). The van der Waals surface area contributed by atoms with Gasteiger partial charge < -0.3 is 9.72 Å². The van der Waals surface area contributed by atoms with E-state index >= 15 is 0 Å². The number of Topliss-reactive ketones (excluding diaryl/α,β-unsaturated/α-hetero) is 1. The molecule has 1 saturated heterocycles. The second kappa shape index (κ2) is 8.69. The van der Waals surface area contributed by atoms with Crippen LogP contribution in [0.5, 0.6) is 0 Å². The van der Waals surface area contributed by atoms with Crippen molar-refractivity contribution in [2.45, 2.75) is 42.8 Å². The number of ketones is 1. The zero-order chi connectivity index (χ0) is 21.2. The van der Waals surface area contributed by atoms with Gasteiger partial charge in [-0.25, -0.2) is 0 Å². The topological polar surface area (TPSA) is 72.8 Å². The van der Waals surface area contributed by atoms with E-state index in [0.717, 1.165) is 46.9 Å². The number of nitrogens with zero attached hydrogens (tertiary/aromatic N) is 3. The van der Waals surface area contributed by atoms with Crippen LogP contribution in [-0.2, 0) is 11.3 Å². The van der Waals surface area contributed by atoms with Crippen LogP contribution >= 0.6 is 11.8 Å². The van der Waals surface area contributed by atoms with Crippen molar-refractivity contribution < 1.29 is 9.53 Å². The molecule has 31 heavy (non-hydrogen) atoms. The van der Waals surface area contributed by atoms with Crippen molar-refractivity contribution in [1.82, 2.24) is 19.7 Å². The van der Waals surface area contributed by atoms with E-state index in [2.05, 4.69) is 31.9 Å². The lowest BCUT2D eigenvalue weighted by Gasteiger charge is -2.16. The number of ether oxygens (including phenoxy) is 1. The zero-order valence-corrected chi connectivity index (χ0v) is 18.1. The molecule has 0 spiro atoms. The minimum absolute atomic E-state index is 0.0888. The Balaban J connectivity index is 1.49. The maximum atomic E-state index is 12.9. The minimum Gasteiger partial charge on any atom is -0.376 e. The third kappa shape index (κ3) is 4.03. The second-order valence-corrected chi connectivity index (χ2v) is 9.10. The number of benzene rings is 2. The summed E-state index contributed by atoms with van der Waals surface area (Å²) in [6, 6.07) is 17.6. The molecule has 4 aromatic rings. The highest BCUT2D eigenvalue weighted by Crippen LogP contribution is 2.33. The first-order chi connectivity index (χ1) is 15.2. The van der Waals surface area contributed by atoms with Crippen LogP contribution in [-0.4, -0.2) is 43.5 Å². The Hall–Kier alpha value is -2.90. The van der Waals surface area contributed by atoms with E-state index in [9.17, 15) is 4.79 Å². The Morgan fingerprint density at radius 3 is 2.81 bits per heavy atom. The highest BCUT2D eigenvalue weighted by atomic mass is 32.2. The molecule has 7 heteroatoms. The van der Waals surface area contributed by atoms with Gasteiger partial charge in [0.05, 0.1) is 17.9 Å². The average Bonchev–Trinajstić information content (AvgIpc) is 3.55. The van der Waals surface area contributed by atoms with E-state index < -0.39 is 0 Å². The Morgan fingerprint density at radius 1 is 1.19 bits per heavy atom. The maximum absolute atomic E-state index is 12.9. The molecule has 1 N–H and O–H groups in total. The number of thioether (sulfide) groups is 1. The van der Waals surface area contributed by atoms with E-state index in [1.807, 2.05) is 55.6 Å². The lowest BCUT2D eigenvalue weighted by Crippen LogP contribution is -2.19. The summed E-state index contributed by atoms with van der Waals surface area (Å²) in [7, 11) is 0. The van der Waals surface area contributed by atoms with Crippen LogP contribution in [0.2, 0.25) is 0 Å². The molecule has 3 heterocycles. The lowest BCUT2D eigenvalue weighted by atomic mass is 10.1. The molecule has 0 saturated carbocycles. The number of aromatic amines is 1. The van der Waals surface area contributed by atoms with Crippen molar-refractivity contribution in [2.75, 3.05) is 6.61 Å². The van der Waals surface area contributed by atoms with Crippen LogP contribution in [0.25, 0.3) is 22.3 Å². The third-order valence-electron chi connectivity index (χ3n) is 5.67. The van der Waals surface area contributed by atoms with Gasteiger partial charge in [-0.3, -0.25) is 9.36 Å². The average molecular weight is 433 g/mol. The van der Waals surface area contributed by atoms with Gasteiger partial charge in [0, 0.05) is 34.8 Å². The smallest absolute Gasteiger partial charge is 0.192 e. The van der Waals surface area contributed by atoms with Crippen molar-refractivity contribution in [3.63, 3.8) is 0 Å². The van der Waals surface area contributed by atoms with Crippen LogP contribution < -0.4 is 0 Å². The predicted octanol–water partition coefficient (Wildman–Crippen LogP) is 4.97. The summed E-state index contributed by atoms with van der Waals surface area (Å²) in [6.07, 6.45) is 4.21. The van der Waals surface area contributed by atoms with Gasteiger partial charge in [-0.1, -0.05) is 60.3 Å². The Labute approximate surface area is 185 Å². The number of rotatable bonds is 7. The van der Waals surface area contributed by atoms with Crippen molar-refractivity contribution in [1.29, 1.82) is 0 Å². The van der Waals surface area contributed by atoms with E-state index in [4.69, 9.17) is 4.74 Å². The largest absolute Gasteiger partial charge is 0.376 e. The first-order valence-corrected chi connectivity index (χ1v) is 11.5. The van der Waals surface area contributed by atoms with Crippen LogP contribution in [0, 0.1) is 0 Å². The molecular formula is C24H24N4O2S. The Bertz CT molecular complexity index is 1190. The van der Waals surface area contributed by atoms with E-state index in [-0.39, 0.29) is 17.1 Å². The predicted molar refractivity (Wildman–Crippen MR) is 122 cm³/mol. The fourth-order valence-electron chi connectivity index (χ4n) is 4.04. The summed E-state index contributed by atoms with van der Waals surface area (Å²) in [5.41, 5.74) is 2.78. The first-order valence-electron chi connectivity index (χ1n) is 10.6. The van der Waals surface area contributed by atoms with Crippen LogP contribution in [0.15, 0.2) is 66.0 Å². The highest BCUT2D eigenvalue weighted by Gasteiger charge is 2.26. The molecule has 0 radical (unpaired) electrons. The Morgan fingerprint density at radius 2 is 2.00 bits per heavy atom. The summed E-state index contributed by atoms with van der Waals surface area (Å²) < 4.78 is 8.02. The van der Waals surface area contributed by atoms with Crippen LogP contribution in [0.3, 0.4) is 0 Å². The van der Waals surface area contributed by atoms with Crippen LogP contribution in [0.4, 0.5) is 0 Å². The van der Waals surface area contributed by atoms with Crippen LogP contribution in [0.1, 0.15) is 30.1 Å². The molecule has 0 amide bonds. The van der Waals surface area contributed by atoms with E-state index in [1.165, 1.54) is 11.8 Å². The quantitative estimate of drug-likeness (QED) is 0.330. The van der Waals surface area contributed by atoms with Gasteiger partial charge in [-0.15, -0.1) is 10.2 Å². The first kappa shape index (κ1) is 20.0. The summed E-state index contributed by atoms with van der Waals surface area (Å²) >= 11 is 1.45. The van der Waals surface area contributed by atoms with Gasteiger partial charge >= 0.3 is 0 Å². The number of hydrogen-bond acceptors (Lipinski definition) is 5. The molecule has 1 aliphatic heterocycles. The summed E-state index contributed by atoms with van der Waals surface area (Å²) in [6.45, 7) is 3.40. The van der Waals surface area contributed by atoms with Crippen molar-refractivity contribution in [3.05, 3.63) is 66.4 Å². The van der Waals surface area contributed by atoms with Gasteiger partial charge in [0.2, 0.25) is 0 Å². The minimum atomic E-state index is -0.273. The van der Waals surface area contributed by atoms with Crippen molar-refractivity contribution >= 4 is 28.4 Å². The fraction of sp³-hybridized carbons (Fsp3) is 0.292. The number of carbonyl (C=O) groups is 1. The summed E-state index contributed by atoms with van der Waals surface area (Å²) in [4.78, 5) is 16.2. The number of hydrogen-bond donors (Lipinski definition) is 1. The number of fused-ring (bicyclic) bond motifs is 1. The van der Waals surface area contributed by atoms with Gasteiger partial charge in [-0.05, 0) is 25.8 Å². The molecule has 2 aromatic heterocycles. The molecule has 2 atom stereocenters. The molecule has 0 aliphatic carbocycles. The maximum Gasteiger partial charge on any atom is 0.192 e. The monoisotopic (exact) mass is 432 g/mol.